The molecule has 0 fully saturated rings. The predicted octanol–water partition coefficient (Wildman–Crippen LogP) is 6.19. The van der Waals surface area contributed by atoms with Gasteiger partial charge < -0.3 is 0 Å². The molecule has 0 amide bonds. The first kappa shape index (κ1) is 17.5. The van der Waals surface area contributed by atoms with Gasteiger partial charge in [0.15, 0.2) is 0 Å². The molecular weight excluding hydrogens is 302 g/mol. The molecule has 0 N–H and O–H groups in total. The van der Waals surface area contributed by atoms with Crippen LogP contribution < -0.4 is 0 Å². The lowest BCUT2D eigenvalue weighted by molar-refractivity contribution is 0.540. The zero-order chi connectivity index (χ0) is 16.7. The molecule has 23 heavy (non-hydrogen) atoms. The molecule has 2 aromatic carbocycles. The summed E-state index contributed by atoms with van der Waals surface area (Å²) in [7, 11) is 0. The van der Waals surface area contributed by atoms with E-state index in [4.69, 9.17) is 16.6 Å². The van der Waals surface area contributed by atoms with E-state index in [-0.39, 0.29) is 5.50 Å². The van der Waals surface area contributed by atoms with Crippen molar-refractivity contribution in [1.82, 2.24) is 0 Å². The molecular formula is C21H24ClN. The highest BCUT2D eigenvalue weighted by atomic mass is 35.5. The molecule has 0 aliphatic rings. The average Bonchev–Trinajstić information content (AvgIpc) is 2.61. The van der Waals surface area contributed by atoms with Crippen LogP contribution in [0.5, 0.6) is 0 Å². The number of hydrogen-bond donors (Lipinski definition) is 0. The quantitative estimate of drug-likeness (QED) is 0.341. The molecule has 0 aliphatic heterocycles. The maximum Gasteiger partial charge on any atom is 0.127 e. The Balaban J connectivity index is 2.40. The Morgan fingerprint density at radius 2 is 1.52 bits per heavy atom. The molecule has 2 atom stereocenters. The molecule has 0 aromatic heterocycles. The van der Waals surface area contributed by atoms with E-state index in [2.05, 4.69) is 63.2 Å². The second-order valence-corrected chi connectivity index (χ2v) is 6.28. The first-order chi connectivity index (χ1) is 11.1. The maximum absolute atomic E-state index is 6.49. The van der Waals surface area contributed by atoms with Crippen LogP contribution in [-0.2, 0) is 0 Å². The predicted molar refractivity (Wildman–Crippen MR) is 102 cm³/mol. The highest BCUT2D eigenvalue weighted by Gasteiger charge is 2.12. The molecule has 120 valence electrons. The number of nitrogens with zero attached hydrogens (tertiary/aromatic N) is 1. The molecule has 2 rings (SSSR count). The van der Waals surface area contributed by atoms with Gasteiger partial charge in [0, 0.05) is 0 Å². The van der Waals surface area contributed by atoms with Crippen LogP contribution in [0.25, 0.3) is 5.57 Å². The van der Waals surface area contributed by atoms with Crippen molar-refractivity contribution in [3.8, 4) is 0 Å². The summed E-state index contributed by atoms with van der Waals surface area (Å²) in [5.41, 5.74) is 4.20. The Morgan fingerprint density at radius 1 is 1.00 bits per heavy atom. The lowest BCUT2D eigenvalue weighted by Gasteiger charge is -2.14. The van der Waals surface area contributed by atoms with Crippen molar-refractivity contribution in [2.45, 2.75) is 32.7 Å². The normalized spacial score (nSPS) is 15.3. The van der Waals surface area contributed by atoms with Crippen LogP contribution in [0, 0.1) is 5.92 Å². The fourth-order valence-corrected chi connectivity index (χ4v) is 2.53. The lowest BCUT2D eigenvalue weighted by atomic mass is 10.0. The van der Waals surface area contributed by atoms with E-state index < -0.39 is 0 Å². The van der Waals surface area contributed by atoms with Gasteiger partial charge in [-0.25, -0.2) is 0 Å². The summed E-state index contributed by atoms with van der Waals surface area (Å²) < 4.78 is 0. The SMILES string of the molecule is CCC(C)C(Cl)/N=C(\C=C(/C)c1ccccc1)c1ccccc1. The van der Waals surface area contributed by atoms with Crippen LogP contribution in [0.3, 0.4) is 0 Å². The van der Waals surface area contributed by atoms with Crippen molar-refractivity contribution in [2.24, 2.45) is 10.9 Å². The highest BCUT2D eigenvalue weighted by molar-refractivity contribution is 6.22. The Morgan fingerprint density at radius 3 is 2.04 bits per heavy atom. The topological polar surface area (TPSA) is 12.4 Å². The zero-order valence-corrected chi connectivity index (χ0v) is 14.8. The summed E-state index contributed by atoms with van der Waals surface area (Å²) in [5.74, 6) is 0.348. The van der Waals surface area contributed by atoms with Crippen molar-refractivity contribution >= 4 is 22.9 Å². The van der Waals surface area contributed by atoms with E-state index in [1.807, 2.05) is 24.3 Å². The van der Waals surface area contributed by atoms with Crippen LogP contribution in [0.1, 0.15) is 38.3 Å². The van der Waals surface area contributed by atoms with E-state index in [0.29, 0.717) is 5.92 Å². The number of benzene rings is 2. The number of halogens is 1. The summed E-state index contributed by atoms with van der Waals surface area (Å²) in [6, 6.07) is 20.6. The Labute approximate surface area is 144 Å². The van der Waals surface area contributed by atoms with Gasteiger partial charge in [-0.3, -0.25) is 4.99 Å². The van der Waals surface area contributed by atoms with Crippen LogP contribution >= 0.6 is 11.6 Å². The molecule has 0 aliphatic carbocycles. The van der Waals surface area contributed by atoms with Gasteiger partial charge in [0.1, 0.15) is 5.50 Å². The van der Waals surface area contributed by atoms with Crippen molar-refractivity contribution in [3.63, 3.8) is 0 Å². The minimum atomic E-state index is -0.213. The fourth-order valence-electron chi connectivity index (χ4n) is 2.25. The molecule has 0 spiro atoms. The van der Waals surface area contributed by atoms with Gasteiger partial charge in [0.2, 0.25) is 0 Å². The third-order valence-corrected chi connectivity index (χ3v) is 4.56. The molecule has 0 bridgehead atoms. The van der Waals surface area contributed by atoms with Crippen LogP contribution in [0.2, 0.25) is 0 Å². The molecule has 0 radical (unpaired) electrons. The summed E-state index contributed by atoms with van der Waals surface area (Å²) in [6.45, 7) is 6.39. The first-order valence-electron chi connectivity index (χ1n) is 8.12. The molecule has 2 heteroatoms. The number of rotatable bonds is 6. The molecule has 0 saturated carbocycles. The van der Waals surface area contributed by atoms with E-state index in [1.165, 1.54) is 11.1 Å². The zero-order valence-electron chi connectivity index (χ0n) is 14.0. The number of allylic oxidation sites excluding steroid dienone is 2. The standard InChI is InChI=1S/C21H24ClN/c1-4-16(2)21(22)23-20(19-13-9-6-10-14-19)15-17(3)18-11-7-5-8-12-18/h5-16,21H,4H2,1-3H3/b17-15+,23-20+. The second-order valence-electron chi connectivity index (χ2n) is 5.83. The van der Waals surface area contributed by atoms with E-state index in [1.54, 1.807) is 0 Å². The van der Waals surface area contributed by atoms with Gasteiger partial charge in [-0.15, -0.1) is 0 Å². The summed E-state index contributed by atoms with van der Waals surface area (Å²) in [5, 5.41) is 0. The van der Waals surface area contributed by atoms with E-state index >= 15 is 0 Å². The van der Waals surface area contributed by atoms with Crippen LogP contribution in [0.15, 0.2) is 71.7 Å². The van der Waals surface area contributed by atoms with Crippen molar-refractivity contribution in [3.05, 3.63) is 77.9 Å². The Hall–Kier alpha value is -1.86. The van der Waals surface area contributed by atoms with Gasteiger partial charge in [-0.1, -0.05) is 92.5 Å². The second kappa shape index (κ2) is 8.69. The van der Waals surface area contributed by atoms with Crippen molar-refractivity contribution in [2.75, 3.05) is 0 Å². The third kappa shape index (κ3) is 5.07. The monoisotopic (exact) mass is 325 g/mol. The van der Waals surface area contributed by atoms with Crippen LogP contribution in [0.4, 0.5) is 0 Å². The molecule has 0 heterocycles. The minimum absolute atomic E-state index is 0.213. The van der Waals surface area contributed by atoms with Gasteiger partial charge in [0.25, 0.3) is 0 Å². The van der Waals surface area contributed by atoms with Gasteiger partial charge in [0.05, 0.1) is 5.71 Å². The van der Waals surface area contributed by atoms with Gasteiger partial charge in [-0.05, 0) is 35.6 Å². The molecule has 2 unspecified atom stereocenters. The van der Waals surface area contributed by atoms with E-state index in [0.717, 1.165) is 17.7 Å². The minimum Gasteiger partial charge on any atom is -0.265 e. The number of hydrogen-bond acceptors (Lipinski definition) is 1. The highest BCUT2D eigenvalue weighted by Crippen LogP contribution is 2.20. The molecule has 2 aromatic rings. The molecule has 1 nitrogen and oxygen atoms in total. The average molecular weight is 326 g/mol. The maximum atomic E-state index is 6.49. The summed E-state index contributed by atoms with van der Waals surface area (Å²) in [6.07, 6.45) is 3.14. The molecule has 0 saturated heterocycles. The van der Waals surface area contributed by atoms with Crippen LogP contribution in [-0.4, -0.2) is 11.2 Å². The Kier molecular flexibility index (Phi) is 6.61. The van der Waals surface area contributed by atoms with E-state index in [9.17, 15) is 0 Å². The third-order valence-electron chi connectivity index (χ3n) is 4.03. The summed E-state index contributed by atoms with van der Waals surface area (Å²) >= 11 is 6.49. The smallest absolute Gasteiger partial charge is 0.127 e. The van der Waals surface area contributed by atoms with Crippen molar-refractivity contribution < 1.29 is 0 Å². The van der Waals surface area contributed by atoms with Crippen molar-refractivity contribution in [1.29, 1.82) is 0 Å². The van der Waals surface area contributed by atoms with Gasteiger partial charge >= 0.3 is 0 Å². The first-order valence-corrected chi connectivity index (χ1v) is 8.56. The number of alkyl halides is 1. The fraction of sp³-hybridized carbons (Fsp3) is 0.286. The Bertz CT molecular complexity index is 659. The number of aliphatic imine (C=N–C) groups is 1. The lowest BCUT2D eigenvalue weighted by Crippen LogP contribution is -2.11. The largest absolute Gasteiger partial charge is 0.265 e. The summed E-state index contributed by atoms with van der Waals surface area (Å²) in [4.78, 5) is 4.79. The van der Waals surface area contributed by atoms with Gasteiger partial charge in [-0.2, -0.15) is 0 Å².